The molecule has 78 valence electrons. The molecular weight excluding hydrogens is 160 g/mol. The van der Waals surface area contributed by atoms with E-state index in [2.05, 4.69) is 24.1 Å². The Morgan fingerprint density at radius 2 is 2.23 bits per heavy atom. The van der Waals surface area contributed by atoms with Crippen molar-refractivity contribution >= 4 is 0 Å². The lowest BCUT2D eigenvalue weighted by atomic mass is 10.1. The van der Waals surface area contributed by atoms with E-state index in [0.717, 1.165) is 6.04 Å². The van der Waals surface area contributed by atoms with Gasteiger partial charge in [0, 0.05) is 12.6 Å². The molecule has 0 aliphatic carbocycles. The second-order valence-corrected chi connectivity index (χ2v) is 3.98. The molecule has 1 unspecified atom stereocenters. The molecule has 0 radical (unpaired) electrons. The maximum atomic E-state index is 3.53. The molecule has 1 N–H and O–H groups in total. The third-order valence-corrected chi connectivity index (χ3v) is 2.99. The Morgan fingerprint density at radius 3 is 2.92 bits per heavy atom. The summed E-state index contributed by atoms with van der Waals surface area (Å²) < 4.78 is 0. The lowest BCUT2D eigenvalue weighted by Gasteiger charge is -2.28. The number of nitrogens with zero attached hydrogens (tertiary/aromatic N) is 1. The normalized spacial score (nSPS) is 25.8. The van der Waals surface area contributed by atoms with E-state index in [9.17, 15) is 0 Å². The molecule has 0 aromatic heterocycles. The molecule has 2 heteroatoms. The molecule has 1 fully saturated rings. The van der Waals surface area contributed by atoms with Gasteiger partial charge in [-0.25, -0.2) is 0 Å². The summed E-state index contributed by atoms with van der Waals surface area (Å²) in [5.74, 6) is 0. The predicted molar refractivity (Wildman–Crippen MR) is 58.0 cm³/mol. The van der Waals surface area contributed by atoms with Gasteiger partial charge < -0.3 is 5.32 Å². The summed E-state index contributed by atoms with van der Waals surface area (Å²) in [6, 6.07) is 0.799. The monoisotopic (exact) mass is 184 g/mol. The van der Waals surface area contributed by atoms with Crippen LogP contribution in [0.15, 0.2) is 0 Å². The van der Waals surface area contributed by atoms with E-state index in [-0.39, 0.29) is 0 Å². The van der Waals surface area contributed by atoms with Crippen LogP contribution in [0.3, 0.4) is 0 Å². The first kappa shape index (κ1) is 11.0. The molecule has 1 atom stereocenters. The average Bonchev–Trinajstić information content (AvgIpc) is 2.39. The van der Waals surface area contributed by atoms with E-state index in [1.165, 1.54) is 51.9 Å². The van der Waals surface area contributed by atoms with Crippen molar-refractivity contribution in [1.29, 1.82) is 0 Å². The molecule has 2 nitrogen and oxygen atoms in total. The molecular formula is C11H24N2. The maximum Gasteiger partial charge on any atom is 0.0220 e. The summed E-state index contributed by atoms with van der Waals surface area (Å²) in [5.41, 5.74) is 0. The van der Waals surface area contributed by atoms with Gasteiger partial charge in [-0.3, -0.25) is 4.90 Å². The fraction of sp³-hybridized carbons (Fsp3) is 1.00. The summed E-state index contributed by atoms with van der Waals surface area (Å²) in [6.07, 6.45) is 5.39. The SMILES string of the molecule is CCCCC1CNCCCN1CC. The van der Waals surface area contributed by atoms with Gasteiger partial charge in [-0.1, -0.05) is 26.7 Å². The molecule has 1 aliphatic rings. The van der Waals surface area contributed by atoms with Crippen LogP contribution in [0.25, 0.3) is 0 Å². The second kappa shape index (κ2) is 6.39. The maximum absolute atomic E-state index is 3.53. The minimum Gasteiger partial charge on any atom is -0.315 e. The standard InChI is InChI=1S/C11H24N2/c1-3-5-7-11-10-12-8-6-9-13(11)4-2/h11-12H,3-10H2,1-2H3. The molecule has 13 heavy (non-hydrogen) atoms. The molecule has 0 aromatic rings. The van der Waals surface area contributed by atoms with Crippen LogP contribution in [0.2, 0.25) is 0 Å². The van der Waals surface area contributed by atoms with Crippen molar-refractivity contribution in [2.24, 2.45) is 0 Å². The number of likely N-dealkylation sites (N-methyl/N-ethyl adjacent to an activating group) is 1. The molecule has 0 saturated carbocycles. The summed E-state index contributed by atoms with van der Waals surface area (Å²) in [5, 5.41) is 3.53. The predicted octanol–water partition coefficient (Wildman–Crippen LogP) is 1.86. The Hall–Kier alpha value is -0.0800. The van der Waals surface area contributed by atoms with Gasteiger partial charge in [0.1, 0.15) is 0 Å². The molecule has 1 rings (SSSR count). The molecule has 0 bridgehead atoms. The summed E-state index contributed by atoms with van der Waals surface area (Å²) >= 11 is 0. The number of rotatable bonds is 4. The van der Waals surface area contributed by atoms with Gasteiger partial charge in [0.05, 0.1) is 0 Å². The van der Waals surface area contributed by atoms with Crippen molar-refractivity contribution in [2.75, 3.05) is 26.2 Å². The molecule has 1 aliphatic heterocycles. The molecule has 1 saturated heterocycles. The van der Waals surface area contributed by atoms with Gasteiger partial charge >= 0.3 is 0 Å². The first-order valence-electron chi connectivity index (χ1n) is 5.83. The first-order valence-corrected chi connectivity index (χ1v) is 5.83. The lowest BCUT2D eigenvalue weighted by Crippen LogP contribution is -2.39. The van der Waals surface area contributed by atoms with Gasteiger partial charge in [0.25, 0.3) is 0 Å². The zero-order chi connectivity index (χ0) is 9.52. The van der Waals surface area contributed by atoms with Crippen molar-refractivity contribution < 1.29 is 0 Å². The van der Waals surface area contributed by atoms with E-state index in [0.29, 0.717) is 0 Å². The molecule has 0 aromatic carbocycles. The van der Waals surface area contributed by atoms with Crippen LogP contribution in [-0.2, 0) is 0 Å². The van der Waals surface area contributed by atoms with Crippen LogP contribution < -0.4 is 5.32 Å². The number of hydrogen-bond donors (Lipinski definition) is 1. The van der Waals surface area contributed by atoms with E-state index in [1.54, 1.807) is 0 Å². The van der Waals surface area contributed by atoms with E-state index in [1.807, 2.05) is 0 Å². The Morgan fingerprint density at radius 1 is 1.38 bits per heavy atom. The quantitative estimate of drug-likeness (QED) is 0.717. The highest BCUT2D eigenvalue weighted by Crippen LogP contribution is 2.10. The van der Waals surface area contributed by atoms with E-state index in [4.69, 9.17) is 0 Å². The van der Waals surface area contributed by atoms with E-state index >= 15 is 0 Å². The first-order chi connectivity index (χ1) is 6.38. The van der Waals surface area contributed by atoms with Crippen LogP contribution in [-0.4, -0.2) is 37.1 Å². The van der Waals surface area contributed by atoms with Crippen LogP contribution >= 0.6 is 0 Å². The van der Waals surface area contributed by atoms with Crippen LogP contribution in [0.5, 0.6) is 0 Å². The Kier molecular flexibility index (Phi) is 5.40. The third kappa shape index (κ3) is 3.65. The number of hydrogen-bond acceptors (Lipinski definition) is 2. The number of unbranched alkanes of at least 4 members (excludes halogenated alkanes) is 1. The average molecular weight is 184 g/mol. The van der Waals surface area contributed by atoms with Gasteiger partial charge in [-0.2, -0.15) is 0 Å². The minimum absolute atomic E-state index is 0.799. The zero-order valence-corrected chi connectivity index (χ0v) is 9.18. The minimum atomic E-state index is 0.799. The fourth-order valence-electron chi connectivity index (χ4n) is 2.13. The van der Waals surface area contributed by atoms with Gasteiger partial charge in [0.15, 0.2) is 0 Å². The molecule has 0 amide bonds. The Labute approximate surface area is 82.7 Å². The van der Waals surface area contributed by atoms with Crippen molar-refractivity contribution in [2.45, 2.75) is 45.6 Å². The smallest absolute Gasteiger partial charge is 0.0220 e. The zero-order valence-electron chi connectivity index (χ0n) is 9.18. The summed E-state index contributed by atoms with van der Waals surface area (Å²) in [7, 11) is 0. The second-order valence-electron chi connectivity index (χ2n) is 3.98. The van der Waals surface area contributed by atoms with E-state index < -0.39 is 0 Å². The van der Waals surface area contributed by atoms with Crippen molar-refractivity contribution in [1.82, 2.24) is 10.2 Å². The Bertz CT molecular complexity index is 125. The number of nitrogens with one attached hydrogen (secondary N) is 1. The topological polar surface area (TPSA) is 15.3 Å². The highest BCUT2D eigenvalue weighted by molar-refractivity contribution is 4.76. The van der Waals surface area contributed by atoms with Gasteiger partial charge in [-0.05, 0) is 32.5 Å². The largest absolute Gasteiger partial charge is 0.315 e. The molecule has 1 heterocycles. The van der Waals surface area contributed by atoms with Crippen molar-refractivity contribution in [3.8, 4) is 0 Å². The van der Waals surface area contributed by atoms with Crippen LogP contribution in [0.4, 0.5) is 0 Å². The third-order valence-electron chi connectivity index (χ3n) is 2.99. The van der Waals surface area contributed by atoms with Crippen LogP contribution in [0, 0.1) is 0 Å². The summed E-state index contributed by atoms with van der Waals surface area (Å²) in [4.78, 5) is 2.63. The van der Waals surface area contributed by atoms with Gasteiger partial charge in [0.2, 0.25) is 0 Å². The highest BCUT2D eigenvalue weighted by atomic mass is 15.2. The fourth-order valence-corrected chi connectivity index (χ4v) is 2.13. The lowest BCUT2D eigenvalue weighted by molar-refractivity contribution is 0.206. The molecule has 0 spiro atoms. The van der Waals surface area contributed by atoms with Crippen molar-refractivity contribution in [3.63, 3.8) is 0 Å². The Balaban J connectivity index is 2.34. The van der Waals surface area contributed by atoms with Gasteiger partial charge in [-0.15, -0.1) is 0 Å². The highest BCUT2D eigenvalue weighted by Gasteiger charge is 2.17. The van der Waals surface area contributed by atoms with Crippen molar-refractivity contribution in [3.05, 3.63) is 0 Å². The van der Waals surface area contributed by atoms with Crippen LogP contribution in [0.1, 0.15) is 39.5 Å². The summed E-state index contributed by atoms with van der Waals surface area (Å²) in [6.45, 7) is 9.48.